The highest BCUT2D eigenvalue weighted by molar-refractivity contribution is 7.22. The van der Waals surface area contributed by atoms with Crippen molar-refractivity contribution in [2.24, 2.45) is 0 Å². The van der Waals surface area contributed by atoms with Crippen molar-refractivity contribution >= 4 is 32.6 Å². The van der Waals surface area contributed by atoms with Crippen molar-refractivity contribution in [2.75, 3.05) is 5.73 Å². The molecule has 0 spiro atoms. The highest BCUT2D eigenvalue weighted by Crippen LogP contribution is 2.24. The molecule has 1 unspecified atom stereocenters. The van der Waals surface area contributed by atoms with Crippen LogP contribution < -0.4 is 11.1 Å². The molecule has 2 aromatic rings. The van der Waals surface area contributed by atoms with E-state index in [-0.39, 0.29) is 11.9 Å². The van der Waals surface area contributed by atoms with Crippen molar-refractivity contribution in [2.45, 2.75) is 13.0 Å². The first-order valence-corrected chi connectivity index (χ1v) is 5.85. The molecule has 4 nitrogen and oxygen atoms in total. The van der Waals surface area contributed by atoms with Gasteiger partial charge >= 0.3 is 0 Å². The number of anilines is 1. The lowest BCUT2D eigenvalue weighted by molar-refractivity contribution is 0.0948. The van der Waals surface area contributed by atoms with Crippen molar-refractivity contribution in [1.29, 1.82) is 0 Å². The molecule has 0 bridgehead atoms. The van der Waals surface area contributed by atoms with Gasteiger partial charge < -0.3 is 11.1 Å². The zero-order chi connectivity index (χ0) is 12.4. The number of terminal acetylenes is 1. The van der Waals surface area contributed by atoms with Crippen molar-refractivity contribution in [3.8, 4) is 12.3 Å². The number of carbonyl (C=O) groups is 1. The summed E-state index contributed by atoms with van der Waals surface area (Å²) >= 11 is 1.35. The second kappa shape index (κ2) is 4.44. The average Bonchev–Trinajstić information content (AvgIpc) is 2.67. The van der Waals surface area contributed by atoms with E-state index in [9.17, 15) is 4.79 Å². The fraction of sp³-hybridized carbons (Fsp3) is 0.167. The summed E-state index contributed by atoms with van der Waals surface area (Å²) < 4.78 is 0.892. The molecule has 3 N–H and O–H groups in total. The number of nitrogens with two attached hydrogens (primary N) is 1. The summed E-state index contributed by atoms with van der Waals surface area (Å²) in [5.74, 6) is 2.25. The molecule has 2 rings (SSSR count). The summed E-state index contributed by atoms with van der Waals surface area (Å²) in [5, 5.41) is 3.19. The van der Waals surface area contributed by atoms with E-state index >= 15 is 0 Å². The van der Waals surface area contributed by atoms with Crippen molar-refractivity contribution < 1.29 is 4.79 Å². The van der Waals surface area contributed by atoms with Gasteiger partial charge in [0.05, 0.1) is 16.3 Å². The molecule has 1 atom stereocenters. The van der Waals surface area contributed by atoms with Crippen LogP contribution in [0.5, 0.6) is 0 Å². The minimum absolute atomic E-state index is 0.190. The molecule has 5 heteroatoms. The quantitative estimate of drug-likeness (QED) is 0.790. The van der Waals surface area contributed by atoms with E-state index in [2.05, 4.69) is 16.2 Å². The summed E-state index contributed by atoms with van der Waals surface area (Å²) in [6.45, 7) is 1.75. The van der Waals surface area contributed by atoms with Gasteiger partial charge in [-0.25, -0.2) is 4.98 Å². The number of hydrogen-bond acceptors (Lipinski definition) is 4. The van der Waals surface area contributed by atoms with Gasteiger partial charge in [-0.05, 0) is 25.1 Å². The monoisotopic (exact) mass is 245 g/mol. The number of carbonyl (C=O) groups excluding carboxylic acids is 1. The minimum atomic E-state index is -0.287. The summed E-state index contributed by atoms with van der Waals surface area (Å²) in [5.41, 5.74) is 6.96. The zero-order valence-electron chi connectivity index (χ0n) is 9.23. The van der Waals surface area contributed by atoms with Crippen LogP contribution in [-0.4, -0.2) is 16.9 Å². The van der Waals surface area contributed by atoms with Gasteiger partial charge in [-0.2, -0.15) is 0 Å². The van der Waals surface area contributed by atoms with Gasteiger partial charge in [0.1, 0.15) is 0 Å². The third kappa shape index (κ3) is 2.37. The molecule has 17 heavy (non-hydrogen) atoms. The van der Waals surface area contributed by atoms with Crippen molar-refractivity contribution in [1.82, 2.24) is 10.3 Å². The van der Waals surface area contributed by atoms with Crippen molar-refractivity contribution in [3.05, 3.63) is 23.8 Å². The van der Waals surface area contributed by atoms with Gasteiger partial charge in [0.15, 0.2) is 5.13 Å². The molecular formula is C12H11N3OS. The topological polar surface area (TPSA) is 68.0 Å². The third-order valence-corrected chi connectivity index (χ3v) is 3.11. The van der Waals surface area contributed by atoms with Crippen LogP contribution in [0.25, 0.3) is 10.2 Å². The number of benzene rings is 1. The van der Waals surface area contributed by atoms with Gasteiger partial charge in [0.25, 0.3) is 5.91 Å². The Morgan fingerprint density at radius 3 is 3.12 bits per heavy atom. The Bertz CT molecular complexity index is 612. The van der Waals surface area contributed by atoms with Gasteiger partial charge in [0, 0.05) is 5.56 Å². The highest BCUT2D eigenvalue weighted by atomic mass is 32.1. The fourth-order valence-corrected chi connectivity index (χ4v) is 2.18. The van der Waals surface area contributed by atoms with E-state index in [0.717, 1.165) is 10.2 Å². The van der Waals surface area contributed by atoms with Crippen LogP contribution >= 0.6 is 11.3 Å². The number of amides is 1. The number of hydrogen-bond donors (Lipinski definition) is 2. The predicted octanol–water partition coefficient (Wildman–Crippen LogP) is 1.63. The van der Waals surface area contributed by atoms with E-state index in [1.54, 1.807) is 25.1 Å². The Kier molecular flexibility index (Phi) is 2.98. The van der Waals surface area contributed by atoms with Gasteiger partial charge in [-0.3, -0.25) is 4.79 Å². The highest BCUT2D eigenvalue weighted by Gasteiger charge is 2.10. The molecule has 1 aromatic heterocycles. The first kappa shape index (κ1) is 11.4. The number of thiazole rings is 1. The summed E-state index contributed by atoms with van der Waals surface area (Å²) in [4.78, 5) is 15.9. The first-order chi connectivity index (χ1) is 8.10. The maximum absolute atomic E-state index is 11.8. The van der Waals surface area contributed by atoms with E-state index in [4.69, 9.17) is 12.2 Å². The molecule has 1 heterocycles. The van der Waals surface area contributed by atoms with Crippen LogP contribution in [-0.2, 0) is 0 Å². The lowest BCUT2D eigenvalue weighted by atomic mass is 10.2. The normalized spacial score (nSPS) is 12.0. The van der Waals surface area contributed by atoms with Crippen LogP contribution in [0.15, 0.2) is 18.2 Å². The fourth-order valence-electron chi connectivity index (χ4n) is 1.41. The molecule has 1 amide bonds. The number of rotatable bonds is 2. The molecule has 0 aliphatic rings. The number of aromatic nitrogens is 1. The number of fused-ring (bicyclic) bond motifs is 1. The lowest BCUT2D eigenvalue weighted by Crippen LogP contribution is -2.31. The Morgan fingerprint density at radius 1 is 1.65 bits per heavy atom. The van der Waals surface area contributed by atoms with Crippen LogP contribution in [0.3, 0.4) is 0 Å². The molecule has 0 radical (unpaired) electrons. The predicted molar refractivity (Wildman–Crippen MR) is 69.8 cm³/mol. The summed E-state index contributed by atoms with van der Waals surface area (Å²) in [6, 6.07) is 4.96. The molecule has 0 saturated carbocycles. The Hall–Kier alpha value is -2.06. The third-order valence-electron chi connectivity index (χ3n) is 2.26. The largest absolute Gasteiger partial charge is 0.375 e. The number of nitrogens with one attached hydrogen (secondary N) is 1. The van der Waals surface area contributed by atoms with Crippen LogP contribution in [0.1, 0.15) is 17.3 Å². The van der Waals surface area contributed by atoms with E-state index in [0.29, 0.717) is 10.7 Å². The second-order valence-electron chi connectivity index (χ2n) is 3.60. The van der Waals surface area contributed by atoms with E-state index in [1.807, 2.05) is 0 Å². The zero-order valence-corrected chi connectivity index (χ0v) is 10.0. The smallest absolute Gasteiger partial charge is 0.252 e. The first-order valence-electron chi connectivity index (χ1n) is 5.03. The van der Waals surface area contributed by atoms with E-state index < -0.39 is 0 Å². The van der Waals surface area contributed by atoms with Crippen LogP contribution in [0, 0.1) is 12.3 Å². The molecule has 0 aliphatic carbocycles. The number of nitrogens with zero attached hydrogens (tertiary/aromatic N) is 1. The van der Waals surface area contributed by atoms with Gasteiger partial charge in [-0.15, -0.1) is 6.42 Å². The molecule has 1 aromatic carbocycles. The maximum Gasteiger partial charge on any atom is 0.252 e. The average molecular weight is 245 g/mol. The van der Waals surface area contributed by atoms with Crippen molar-refractivity contribution in [3.63, 3.8) is 0 Å². The van der Waals surface area contributed by atoms with Gasteiger partial charge in [0.2, 0.25) is 0 Å². The van der Waals surface area contributed by atoms with Crippen LogP contribution in [0.4, 0.5) is 5.13 Å². The molecule has 86 valence electrons. The molecule has 0 aliphatic heterocycles. The second-order valence-corrected chi connectivity index (χ2v) is 4.66. The SMILES string of the molecule is C#CC(C)NC(=O)c1ccc2nc(N)sc2c1. The molecular weight excluding hydrogens is 234 g/mol. The van der Waals surface area contributed by atoms with Gasteiger partial charge in [-0.1, -0.05) is 17.3 Å². The Labute approximate surface area is 103 Å². The van der Waals surface area contributed by atoms with Crippen LogP contribution in [0.2, 0.25) is 0 Å². The Morgan fingerprint density at radius 2 is 2.41 bits per heavy atom. The number of nitrogen functional groups attached to an aromatic ring is 1. The minimum Gasteiger partial charge on any atom is -0.375 e. The molecule has 0 saturated heterocycles. The lowest BCUT2D eigenvalue weighted by Gasteiger charge is -2.07. The summed E-state index contributed by atoms with van der Waals surface area (Å²) in [7, 11) is 0. The standard InChI is InChI=1S/C12H11N3OS/c1-3-7(2)14-11(16)8-4-5-9-10(6-8)17-12(13)15-9/h1,4-7H,2H3,(H2,13,15)(H,14,16). The maximum atomic E-state index is 11.8. The Balaban J connectivity index is 2.30. The molecule has 0 fully saturated rings. The van der Waals surface area contributed by atoms with E-state index in [1.165, 1.54) is 11.3 Å². The summed E-state index contributed by atoms with van der Waals surface area (Å²) in [6.07, 6.45) is 5.20.